The minimum Gasteiger partial charge on any atom is -0.422 e. The Morgan fingerprint density at radius 2 is 1.71 bits per heavy atom. The molecule has 0 aliphatic carbocycles. The van der Waals surface area contributed by atoms with Crippen molar-refractivity contribution in [2.24, 2.45) is 4.99 Å². The van der Waals surface area contributed by atoms with Crippen molar-refractivity contribution in [2.75, 3.05) is 0 Å². The number of rotatable bonds is 3. The maximum Gasteiger partial charge on any atom is 0.345 e. The quantitative estimate of drug-likeness (QED) is 0.317. The topological polar surface area (TPSA) is 96.9 Å². The highest BCUT2D eigenvalue weighted by Crippen LogP contribution is 2.29. The van der Waals surface area contributed by atoms with Crippen molar-refractivity contribution < 1.29 is 17.4 Å². The monoisotopic (exact) mass is 393 g/mol. The van der Waals surface area contributed by atoms with Crippen LogP contribution in [0.15, 0.2) is 85.8 Å². The van der Waals surface area contributed by atoms with Crippen LogP contribution >= 0.6 is 0 Å². The first-order chi connectivity index (χ1) is 13.3. The lowest BCUT2D eigenvalue weighted by Crippen LogP contribution is -2.11. The molecule has 0 aliphatic heterocycles. The Bertz CT molecular complexity index is 1420. The molecule has 0 saturated carbocycles. The molecule has 140 valence electrons. The zero-order valence-electron chi connectivity index (χ0n) is 14.8. The molecule has 0 atom stereocenters. The van der Waals surface area contributed by atoms with Crippen molar-refractivity contribution in [1.82, 2.24) is 0 Å². The van der Waals surface area contributed by atoms with Gasteiger partial charge in [0.1, 0.15) is 5.58 Å². The standard InChI is InChI=1S/C21H15NO5S/c1-13(17-11-15-5-2-3-8-20(15)27-21(17)23)22-19-7-4-6-14-9-10-16(12-18(14)19)28(24,25)26/h2-12H,1H3,(H,24,25,26). The van der Waals surface area contributed by atoms with E-state index in [0.717, 1.165) is 10.8 Å². The molecule has 1 N–H and O–H groups in total. The summed E-state index contributed by atoms with van der Waals surface area (Å²) >= 11 is 0. The Morgan fingerprint density at radius 1 is 0.964 bits per heavy atom. The highest BCUT2D eigenvalue weighted by Gasteiger charge is 2.13. The van der Waals surface area contributed by atoms with E-state index in [-0.39, 0.29) is 4.90 Å². The molecular formula is C21H15NO5S. The third-order valence-electron chi connectivity index (χ3n) is 4.45. The van der Waals surface area contributed by atoms with Crippen molar-refractivity contribution in [3.8, 4) is 0 Å². The molecule has 4 rings (SSSR count). The van der Waals surface area contributed by atoms with Gasteiger partial charge in [-0.3, -0.25) is 9.55 Å². The van der Waals surface area contributed by atoms with Crippen molar-refractivity contribution in [3.63, 3.8) is 0 Å². The third kappa shape index (κ3) is 3.33. The second-order valence-electron chi connectivity index (χ2n) is 6.32. The molecule has 6 nitrogen and oxygen atoms in total. The van der Waals surface area contributed by atoms with Crippen molar-refractivity contribution >= 4 is 43.3 Å². The Labute approximate surface area is 160 Å². The summed E-state index contributed by atoms with van der Waals surface area (Å²) in [7, 11) is -4.34. The van der Waals surface area contributed by atoms with E-state index < -0.39 is 15.7 Å². The third-order valence-corrected chi connectivity index (χ3v) is 5.30. The Morgan fingerprint density at radius 3 is 2.50 bits per heavy atom. The zero-order chi connectivity index (χ0) is 19.9. The van der Waals surface area contributed by atoms with Crippen LogP contribution in [0.4, 0.5) is 5.69 Å². The van der Waals surface area contributed by atoms with Gasteiger partial charge in [0, 0.05) is 10.8 Å². The van der Waals surface area contributed by atoms with Crippen LogP contribution in [0.2, 0.25) is 0 Å². The van der Waals surface area contributed by atoms with Gasteiger partial charge < -0.3 is 4.42 Å². The summed E-state index contributed by atoms with van der Waals surface area (Å²) in [6.07, 6.45) is 0. The fourth-order valence-corrected chi connectivity index (χ4v) is 3.56. The van der Waals surface area contributed by atoms with Crippen molar-refractivity contribution in [1.29, 1.82) is 0 Å². The summed E-state index contributed by atoms with van der Waals surface area (Å²) in [5.41, 5.74) is 1.23. The van der Waals surface area contributed by atoms with Gasteiger partial charge in [0.15, 0.2) is 0 Å². The van der Waals surface area contributed by atoms with Crippen LogP contribution in [0.5, 0.6) is 0 Å². The Balaban J connectivity index is 1.90. The molecule has 7 heteroatoms. The van der Waals surface area contributed by atoms with Crippen LogP contribution in [0.3, 0.4) is 0 Å². The molecule has 1 aromatic heterocycles. The molecule has 4 aromatic rings. The average molecular weight is 393 g/mol. The molecular weight excluding hydrogens is 378 g/mol. The zero-order valence-corrected chi connectivity index (χ0v) is 15.6. The molecule has 0 fully saturated rings. The highest BCUT2D eigenvalue weighted by molar-refractivity contribution is 7.85. The second-order valence-corrected chi connectivity index (χ2v) is 7.74. The van der Waals surface area contributed by atoms with Crippen LogP contribution in [-0.2, 0) is 10.1 Å². The molecule has 0 aliphatic rings. The lowest BCUT2D eigenvalue weighted by Gasteiger charge is -2.06. The van der Waals surface area contributed by atoms with Gasteiger partial charge in [-0.1, -0.05) is 36.4 Å². The molecule has 0 radical (unpaired) electrons. The smallest absolute Gasteiger partial charge is 0.345 e. The largest absolute Gasteiger partial charge is 0.422 e. The SMILES string of the molecule is CC(=Nc1cccc2ccc(S(=O)(=O)O)cc12)c1cc2ccccc2oc1=O. The summed E-state index contributed by atoms with van der Waals surface area (Å²) in [6, 6.07) is 18.5. The van der Waals surface area contributed by atoms with E-state index in [1.165, 1.54) is 12.1 Å². The second kappa shape index (κ2) is 6.70. The van der Waals surface area contributed by atoms with Gasteiger partial charge in [-0.2, -0.15) is 8.42 Å². The van der Waals surface area contributed by atoms with E-state index in [4.69, 9.17) is 4.42 Å². The molecule has 0 saturated heterocycles. The fourth-order valence-electron chi connectivity index (χ4n) is 3.05. The maximum atomic E-state index is 12.4. The number of nitrogens with zero attached hydrogens (tertiary/aromatic N) is 1. The van der Waals surface area contributed by atoms with Crippen LogP contribution in [-0.4, -0.2) is 18.7 Å². The van der Waals surface area contributed by atoms with E-state index in [1.807, 2.05) is 18.2 Å². The lowest BCUT2D eigenvalue weighted by atomic mass is 10.1. The fraction of sp³-hybridized carbons (Fsp3) is 0.0476. The minimum absolute atomic E-state index is 0.217. The minimum atomic E-state index is -4.34. The number of hydrogen-bond acceptors (Lipinski definition) is 5. The molecule has 28 heavy (non-hydrogen) atoms. The predicted molar refractivity (Wildman–Crippen MR) is 108 cm³/mol. The van der Waals surface area contributed by atoms with E-state index in [1.54, 1.807) is 43.3 Å². The van der Waals surface area contributed by atoms with Crippen LogP contribution < -0.4 is 5.63 Å². The molecule has 0 unspecified atom stereocenters. The summed E-state index contributed by atoms with van der Waals surface area (Å²) in [5, 5.41) is 2.08. The number of benzene rings is 3. The van der Waals surface area contributed by atoms with Gasteiger partial charge in [-0.25, -0.2) is 4.79 Å². The molecule has 0 bridgehead atoms. The summed E-state index contributed by atoms with van der Waals surface area (Å²) < 4.78 is 37.6. The highest BCUT2D eigenvalue weighted by atomic mass is 32.2. The normalized spacial score (nSPS) is 12.6. The molecule has 0 amide bonds. The summed E-state index contributed by atoms with van der Waals surface area (Å²) in [5.74, 6) is 0. The molecule has 0 spiro atoms. The summed E-state index contributed by atoms with van der Waals surface area (Å²) in [6.45, 7) is 1.69. The summed E-state index contributed by atoms with van der Waals surface area (Å²) in [4.78, 5) is 16.7. The van der Waals surface area contributed by atoms with E-state index in [9.17, 15) is 17.8 Å². The predicted octanol–water partition coefficient (Wildman–Crippen LogP) is 4.33. The van der Waals surface area contributed by atoms with Crippen molar-refractivity contribution in [3.05, 3.63) is 82.7 Å². The van der Waals surface area contributed by atoms with Gasteiger partial charge in [0.05, 0.1) is 21.9 Å². The number of para-hydroxylation sites is 1. The Hall–Kier alpha value is -3.29. The van der Waals surface area contributed by atoms with E-state index in [0.29, 0.717) is 27.9 Å². The average Bonchev–Trinajstić information content (AvgIpc) is 2.66. The first-order valence-corrected chi connectivity index (χ1v) is 9.86. The number of aliphatic imine (C=N–C) groups is 1. The van der Waals surface area contributed by atoms with Crippen LogP contribution in [0.1, 0.15) is 12.5 Å². The van der Waals surface area contributed by atoms with E-state index in [2.05, 4.69) is 4.99 Å². The number of fused-ring (bicyclic) bond motifs is 2. The van der Waals surface area contributed by atoms with Gasteiger partial charge in [0.25, 0.3) is 10.1 Å². The van der Waals surface area contributed by atoms with Gasteiger partial charge in [0.2, 0.25) is 0 Å². The Kier molecular flexibility index (Phi) is 4.33. The van der Waals surface area contributed by atoms with Crippen molar-refractivity contribution in [2.45, 2.75) is 11.8 Å². The molecule has 3 aromatic carbocycles. The van der Waals surface area contributed by atoms with Gasteiger partial charge in [-0.05, 0) is 42.6 Å². The van der Waals surface area contributed by atoms with E-state index >= 15 is 0 Å². The number of hydrogen-bond donors (Lipinski definition) is 1. The first-order valence-electron chi connectivity index (χ1n) is 8.42. The first kappa shape index (κ1) is 18.1. The van der Waals surface area contributed by atoms with Crippen LogP contribution in [0.25, 0.3) is 21.7 Å². The van der Waals surface area contributed by atoms with Gasteiger partial charge in [-0.15, -0.1) is 0 Å². The van der Waals surface area contributed by atoms with Crippen LogP contribution in [0, 0.1) is 0 Å². The maximum absolute atomic E-state index is 12.4. The molecule has 1 heterocycles. The lowest BCUT2D eigenvalue weighted by molar-refractivity contribution is 0.483. The van der Waals surface area contributed by atoms with Gasteiger partial charge >= 0.3 is 5.63 Å².